The topological polar surface area (TPSA) is 62.7 Å². The number of alkyl halides is 3. The zero-order chi connectivity index (χ0) is 10.1. The molecule has 68 valence electrons. The van der Waals surface area contributed by atoms with Gasteiger partial charge in [-0.2, -0.15) is 18.4 Å². The van der Waals surface area contributed by atoms with Gasteiger partial charge in [0.1, 0.15) is 6.07 Å². The van der Waals surface area contributed by atoms with Gasteiger partial charge in [-0.15, -0.1) is 0 Å². The van der Waals surface area contributed by atoms with Gasteiger partial charge in [-0.1, -0.05) is 0 Å². The van der Waals surface area contributed by atoms with Crippen molar-refractivity contribution in [1.29, 1.82) is 5.26 Å². The van der Waals surface area contributed by atoms with Crippen molar-refractivity contribution in [3.05, 3.63) is 23.5 Å². The molecule has 1 heterocycles. The highest BCUT2D eigenvalue weighted by atomic mass is 19.4. The number of halogens is 3. The first-order chi connectivity index (χ1) is 5.96. The van der Waals surface area contributed by atoms with Crippen molar-refractivity contribution >= 4 is 5.69 Å². The lowest BCUT2D eigenvalue weighted by molar-refractivity contribution is -0.137. The summed E-state index contributed by atoms with van der Waals surface area (Å²) in [5, 5.41) is 8.37. The van der Waals surface area contributed by atoms with Gasteiger partial charge in [0, 0.05) is 12.4 Å². The third kappa shape index (κ3) is 1.69. The van der Waals surface area contributed by atoms with Gasteiger partial charge in [-0.25, -0.2) is 0 Å². The summed E-state index contributed by atoms with van der Waals surface area (Å²) in [5.74, 6) is 0. The Hall–Kier alpha value is -1.77. The van der Waals surface area contributed by atoms with E-state index >= 15 is 0 Å². The summed E-state index contributed by atoms with van der Waals surface area (Å²) in [4.78, 5) is 3.26. The second-order valence-electron chi connectivity index (χ2n) is 2.26. The lowest BCUT2D eigenvalue weighted by atomic mass is 10.1. The van der Waals surface area contributed by atoms with Gasteiger partial charge >= 0.3 is 6.18 Å². The van der Waals surface area contributed by atoms with E-state index in [1.165, 1.54) is 6.07 Å². The number of hydrogen-bond acceptors (Lipinski definition) is 3. The molecule has 0 amide bonds. The first-order valence-electron chi connectivity index (χ1n) is 3.17. The minimum atomic E-state index is -4.57. The molecule has 0 bridgehead atoms. The zero-order valence-corrected chi connectivity index (χ0v) is 6.26. The lowest BCUT2D eigenvalue weighted by Gasteiger charge is -2.08. The van der Waals surface area contributed by atoms with E-state index in [1.54, 1.807) is 0 Å². The molecule has 0 spiro atoms. The monoisotopic (exact) mass is 187 g/mol. The van der Waals surface area contributed by atoms with E-state index in [-0.39, 0.29) is 5.56 Å². The molecule has 0 radical (unpaired) electrons. The van der Waals surface area contributed by atoms with Crippen LogP contribution in [-0.4, -0.2) is 4.98 Å². The summed E-state index contributed by atoms with van der Waals surface area (Å²) < 4.78 is 36.4. The molecule has 1 aromatic rings. The number of anilines is 1. The Kier molecular flexibility index (Phi) is 2.10. The first-order valence-corrected chi connectivity index (χ1v) is 3.17. The highest BCUT2D eigenvalue weighted by Crippen LogP contribution is 2.33. The van der Waals surface area contributed by atoms with Gasteiger partial charge in [-0.05, 0) is 0 Å². The Morgan fingerprint density at radius 3 is 2.46 bits per heavy atom. The van der Waals surface area contributed by atoms with E-state index in [1.807, 2.05) is 0 Å². The standard InChI is InChI=1S/C7H4F3N3/c8-7(9,10)5-3-13-2-4(1-11)6(5)12/h2-3H,(H2,12,13). The zero-order valence-electron chi connectivity index (χ0n) is 6.26. The molecule has 0 unspecified atom stereocenters. The molecular formula is C7H4F3N3. The highest BCUT2D eigenvalue weighted by molar-refractivity contribution is 5.58. The predicted octanol–water partition coefficient (Wildman–Crippen LogP) is 1.55. The molecule has 1 rings (SSSR count). The summed E-state index contributed by atoms with van der Waals surface area (Å²) >= 11 is 0. The number of nitrogens with two attached hydrogens (primary N) is 1. The molecule has 0 atom stereocenters. The van der Waals surface area contributed by atoms with E-state index in [0.717, 1.165) is 6.20 Å². The average molecular weight is 187 g/mol. The van der Waals surface area contributed by atoms with Gasteiger partial charge in [0.15, 0.2) is 0 Å². The minimum Gasteiger partial charge on any atom is -0.397 e. The van der Waals surface area contributed by atoms with Crippen LogP contribution < -0.4 is 5.73 Å². The van der Waals surface area contributed by atoms with Gasteiger partial charge in [0.2, 0.25) is 0 Å². The van der Waals surface area contributed by atoms with Crippen LogP contribution in [0.2, 0.25) is 0 Å². The molecule has 0 saturated carbocycles. The maximum atomic E-state index is 12.1. The van der Waals surface area contributed by atoms with Crippen LogP contribution in [0.15, 0.2) is 12.4 Å². The van der Waals surface area contributed by atoms with E-state index in [0.29, 0.717) is 6.20 Å². The number of nitriles is 1. The van der Waals surface area contributed by atoms with Crippen LogP contribution in [0.4, 0.5) is 18.9 Å². The van der Waals surface area contributed by atoms with Crippen LogP contribution in [0.3, 0.4) is 0 Å². The fraction of sp³-hybridized carbons (Fsp3) is 0.143. The summed E-state index contributed by atoms with van der Waals surface area (Å²) in [6.45, 7) is 0. The van der Waals surface area contributed by atoms with Crippen molar-refractivity contribution in [3.8, 4) is 6.07 Å². The van der Waals surface area contributed by atoms with Gasteiger partial charge < -0.3 is 5.73 Å². The fourth-order valence-corrected chi connectivity index (χ4v) is 0.785. The number of nitrogens with zero attached hydrogens (tertiary/aromatic N) is 2. The molecule has 0 aliphatic heterocycles. The Bertz CT molecular complexity index is 364. The second-order valence-corrected chi connectivity index (χ2v) is 2.26. The van der Waals surface area contributed by atoms with Crippen LogP contribution >= 0.6 is 0 Å². The average Bonchev–Trinajstić information content (AvgIpc) is 2.02. The van der Waals surface area contributed by atoms with Crippen molar-refractivity contribution in [2.45, 2.75) is 6.18 Å². The van der Waals surface area contributed by atoms with Crippen LogP contribution in [0.25, 0.3) is 0 Å². The number of pyridine rings is 1. The Morgan fingerprint density at radius 2 is 2.00 bits per heavy atom. The molecule has 0 aliphatic rings. The van der Waals surface area contributed by atoms with Crippen LogP contribution in [0.1, 0.15) is 11.1 Å². The number of hydrogen-bond donors (Lipinski definition) is 1. The Morgan fingerprint density at radius 1 is 1.38 bits per heavy atom. The van der Waals surface area contributed by atoms with Crippen molar-refractivity contribution in [2.24, 2.45) is 0 Å². The van der Waals surface area contributed by atoms with E-state index < -0.39 is 17.4 Å². The smallest absolute Gasteiger partial charge is 0.397 e. The van der Waals surface area contributed by atoms with E-state index in [4.69, 9.17) is 11.0 Å². The van der Waals surface area contributed by atoms with Gasteiger partial charge in [0.05, 0.1) is 16.8 Å². The molecule has 0 saturated heterocycles. The van der Waals surface area contributed by atoms with Crippen LogP contribution in [0.5, 0.6) is 0 Å². The third-order valence-electron chi connectivity index (χ3n) is 1.41. The molecule has 3 nitrogen and oxygen atoms in total. The largest absolute Gasteiger partial charge is 0.419 e. The van der Waals surface area contributed by atoms with Crippen molar-refractivity contribution in [2.75, 3.05) is 5.73 Å². The maximum absolute atomic E-state index is 12.1. The highest BCUT2D eigenvalue weighted by Gasteiger charge is 2.34. The SMILES string of the molecule is N#Cc1cncc(C(F)(F)F)c1N. The van der Waals surface area contributed by atoms with Crippen LogP contribution in [0, 0.1) is 11.3 Å². The molecule has 13 heavy (non-hydrogen) atoms. The quantitative estimate of drug-likeness (QED) is 0.670. The van der Waals surface area contributed by atoms with Crippen molar-refractivity contribution in [3.63, 3.8) is 0 Å². The summed E-state index contributed by atoms with van der Waals surface area (Å²) in [5.41, 5.74) is 3.17. The van der Waals surface area contributed by atoms with Gasteiger partial charge in [0.25, 0.3) is 0 Å². The normalized spacial score (nSPS) is 10.9. The third-order valence-corrected chi connectivity index (χ3v) is 1.41. The van der Waals surface area contributed by atoms with Crippen LogP contribution in [-0.2, 0) is 6.18 Å². The molecule has 0 aromatic carbocycles. The first kappa shape index (κ1) is 9.32. The minimum absolute atomic E-state index is 0.269. The maximum Gasteiger partial charge on any atom is 0.419 e. The molecular weight excluding hydrogens is 183 g/mol. The molecule has 1 aromatic heterocycles. The fourth-order valence-electron chi connectivity index (χ4n) is 0.785. The second kappa shape index (κ2) is 2.94. The molecule has 0 aliphatic carbocycles. The Labute approximate surface area is 71.6 Å². The van der Waals surface area contributed by atoms with Crippen molar-refractivity contribution < 1.29 is 13.2 Å². The number of rotatable bonds is 0. The predicted molar refractivity (Wildman–Crippen MR) is 38.4 cm³/mol. The Balaban J connectivity index is 3.34. The summed E-state index contributed by atoms with van der Waals surface area (Å²) in [7, 11) is 0. The molecule has 0 fully saturated rings. The van der Waals surface area contributed by atoms with Gasteiger partial charge in [-0.3, -0.25) is 4.98 Å². The number of nitrogen functional groups attached to an aromatic ring is 1. The number of aromatic nitrogens is 1. The van der Waals surface area contributed by atoms with E-state index in [9.17, 15) is 13.2 Å². The summed E-state index contributed by atoms with van der Waals surface area (Å²) in [6.07, 6.45) is -2.98. The lowest BCUT2D eigenvalue weighted by Crippen LogP contribution is -2.10. The molecule has 2 N–H and O–H groups in total. The van der Waals surface area contributed by atoms with E-state index in [2.05, 4.69) is 4.98 Å². The summed E-state index contributed by atoms with van der Waals surface area (Å²) in [6, 6.07) is 1.52. The van der Waals surface area contributed by atoms with Crippen molar-refractivity contribution in [1.82, 2.24) is 4.98 Å². The molecule has 6 heteroatoms.